The van der Waals surface area contributed by atoms with E-state index in [2.05, 4.69) is 0 Å². The molecule has 8 nitrogen and oxygen atoms in total. The van der Waals surface area contributed by atoms with Crippen LogP contribution in [0.4, 0.5) is 18.0 Å². The summed E-state index contributed by atoms with van der Waals surface area (Å²) in [5.74, 6) is -2.48. The van der Waals surface area contributed by atoms with Crippen LogP contribution in [0.5, 0.6) is 11.5 Å². The molecule has 1 heterocycles. The van der Waals surface area contributed by atoms with Crippen LogP contribution in [-0.2, 0) is 4.79 Å². The average Bonchev–Trinajstić information content (AvgIpc) is 2.90. The highest BCUT2D eigenvalue weighted by Gasteiger charge is 2.69. The summed E-state index contributed by atoms with van der Waals surface area (Å²) >= 11 is 0. The molecule has 0 radical (unpaired) electrons. The summed E-state index contributed by atoms with van der Waals surface area (Å²) in [7, 11) is 2.61. The molecule has 170 valence electrons. The fourth-order valence-electron chi connectivity index (χ4n) is 3.97. The summed E-state index contributed by atoms with van der Waals surface area (Å²) < 4.78 is 52.4. The first-order valence-corrected chi connectivity index (χ1v) is 9.91. The fourth-order valence-corrected chi connectivity index (χ4v) is 3.97. The zero-order valence-corrected chi connectivity index (χ0v) is 17.2. The van der Waals surface area contributed by atoms with Crippen LogP contribution in [0.15, 0.2) is 18.2 Å². The van der Waals surface area contributed by atoms with Gasteiger partial charge < -0.3 is 14.8 Å². The first kappa shape index (κ1) is 22.7. The number of methoxy groups -OCH3 is 2. The van der Waals surface area contributed by atoms with E-state index < -0.39 is 35.7 Å². The topological polar surface area (TPSA) is 97.0 Å². The lowest BCUT2D eigenvalue weighted by molar-refractivity contribution is -0.200. The van der Waals surface area contributed by atoms with Crippen molar-refractivity contribution in [3.05, 3.63) is 23.8 Å². The normalized spacial score (nSPS) is 22.7. The largest absolute Gasteiger partial charge is 0.497 e. The number of carbonyl (C=O) groups excluding carboxylic acids is 3. The van der Waals surface area contributed by atoms with Gasteiger partial charge in [-0.1, -0.05) is 25.7 Å². The number of ether oxygens (including phenoxy) is 2. The number of hydrogen-bond donors (Lipinski definition) is 2. The van der Waals surface area contributed by atoms with E-state index in [1.54, 1.807) is 10.6 Å². The van der Waals surface area contributed by atoms with Crippen molar-refractivity contribution in [2.75, 3.05) is 14.2 Å². The number of benzene rings is 1. The Morgan fingerprint density at radius 1 is 1.13 bits per heavy atom. The van der Waals surface area contributed by atoms with Crippen molar-refractivity contribution in [2.45, 2.75) is 56.4 Å². The van der Waals surface area contributed by atoms with Crippen LogP contribution in [0.25, 0.3) is 0 Å². The van der Waals surface area contributed by atoms with Gasteiger partial charge in [-0.05, 0) is 25.0 Å². The number of imide groups is 1. The van der Waals surface area contributed by atoms with E-state index in [-0.39, 0.29) is 11.3 Å². The minimum absolute atomic E-state index is 0.0495. The molecule has 1 saturated carbocycles. The Morgan fingerprint density at radius 2 is 1.77 bits per heavy atom. The SMILES string of the molecule is COc1ccc(C(=O)N[C@@]2(C(F)(F)F)NC(=O)N(C3CCCCCC3)C2=O)c(OC)c1. The maximum Gasteiger partial charge on any atom is 0.440 e. The van der Waals surface area contributed by atoms with E-state index in [1.807, 2.05) is 0 Å². The van der Waals surface area contributed by atoms with Crippen molar-refractivity contribution in [2.24, 2.45) is 0 Å². The number of hydrogen-bond acceptors (Lipinski definition) is 5. The van der Waals surface area contributed by atoms with Gasteiger partial charge in [-0.25, -0.2) is 4.79 Å². The Kier molecular flexibility index (Phi) is 6.33. The molecule has 4 amide bonds. The van der Waals surface area contributed by atoms with Gasteiger partial charge in [-0.3, -0.25) is 19.8 Å². The fraction of sp³-hybridized carbons (Fsp3) is 0.550. The van der Waals surface area contributed by atoms with Crippen molar-refractivity contribution in [1.82, 2.24) is 15.5 Å². The van der Waals surface area contributed by atoms with Crippen molar-refractivity contribution in [1.29, 1.82) is 0 Å². The molecule has 0 bridgehead atoms. The van der Waals surface area contributed by atoms with Gasteiger partial charge in [0.15, 0.2) is 0 Å². The number of carbonyl (C=O) groups is 3. The quantitative estimate of drug-likeness (QED) is 0.539. The molecule has 2 aliphatic rings. The molecule has 2 N–H and O–H groups in total. The summed E-state index contributed by atoms with van der Waals surface area (Å²) in [5.41, 5.74) is -3.81. The van der Waals surface area contributed by atoms with E-state index in [0.717, 1.165) is 12.8 Å². The Labute approximate surface area is 177 Å². The molecule has 1 aliphatic heterocycles. The summed E-state index contributed by atoms with van der Waals surface area (Å²) in [4.78, 5) is 38.8. The van der Waals surface area contributed by atoms with Crippen molar-refractivity contribution in [3.8, 4) is 11.5 Å². The van der Waals surface area contributed by atoms with Crippen LogP contribution in [-0.4, -0.2) is 54.8 Å². The Hall–Kier alpha value is -2.98. The van der Waals surface area contributed by atoms with Crippen molar-refractivity contribution < 1.29 is 37.0 Å². The third-order valence-corrected chi connectivity index (χ3v) is 5.62. The number of urea groups is 1. The summed E-state index contributed by atoms with van der Waals surface area (Å²) in [6.45, 7) is 0. The van der Waals surface area contributed by atoms with E-state index in [9.17, 15) is 27.6 Å². The van der Waals surface area contributed by atoms with E-state index in [4.69, 9.17) is 9.47 Å². The molecule has 0 spiro atoms. The van der Waals surface area contributed by atoms with E-state index in [1.165, 1.54) is 32.4 Å². The molecule has 1 saturated heterocycles. The van der Waals surface area contributed by atoms with Gasteiger partial charge in [0.2, 0.25) is 0 Å². The van der Waals surface area contributed by atoms with E-state index in [0.29, 0.717) is 36.3 Å². The Morgan fingerprint density at radius 3 is 2.32 bits per heavy atom. The van der Waals surface area contributed by atoms with Gasteiger partial charge in [-0.15, -0.1) is 0 Å². The highest BCUT2D eigenvalue weighted by Crippen LogP contribution is 2.37. The van der Waals surface area contributed by atoms with Crippen LogP contribution in [0, 0.1) is 0 Å². The maximum atomic E-state index is 14.1. The Balaban J connectivity index is 1.94. The standard InChI is InChI=1S/C20H24F3N3O5/c1-30-13-9-10-14(15(11-13)31-2)16(27)24-19(20(21,22)23)17(28)26(18(29)25-19)12-7-5-3-4-6-8-12/h9-12H,3-8H2,1-2H3,(H,24,27)(H,25,29)/t19-/m1/s1. The predicted molar refractivity (Wildman–Crippen MR) is 103 cm³/mol. The van der Waals surface area contributed by atoms with Crippen LogP contribution < -0.4 is 20.1 Å². The molecule has 0 unspecified atom stereocenters. The highest BCUT2D eigenvalue weighted by atomic mass is 19.4. The van der Waals surface area contributed by atoms with Gasteiger partial charge in [0, 0.05) is 12.1 Å². The third kappa shape index (κ3) is 4.13. The summed E-state index contributed by atoms with van der Waals surface area (Å²) in [5, 5.41) is 3.42. The molecular formula is C20H24F3N3O5. The second kappa shape index (κ2) is 8.64. The molecule has 2 fully saturated rings. The molecule has 11 heteroatoms. The van der Waals surface area contributed by atoms with Crippen molar-refractivity contribution >= 4 is 17.8 Å². The van der Waals surface area contributed by atoms with Crippen molar-refractivity contribution in [3.63, 3.8) is 0 Å². The molecule has 3 rings (SSSR count). The van der Waals surface area contributed by atoms with Crippen LogP contribution in [0.1, 0.15) is 48.9 Å². The minimum Gasteiger partial charge on any atom is -0.497 e. The smallest absolute Gasteiger partial charge is 0.440 e. The highest BCUT2D eigenvalue weighted by molar-refractivity contribution is 6.11. The number of halogens is 3. The molecule has 1 aromatic carbocycles. The number of amides is 4. The Bertz CT molecular complexity index is 868. The van der Waals surface area contributed by atoms with Crippen LogP contribution >= 0.6 is 0 Å². The number of rotatable bonds is 5. The molecule has 31 heavy (non-hydrogen) atoms. The van der Waals surface area contributed by atoms with Crippen LogP contribution in [0.2, 0.25) is 0 Å². The lowest BCUT2D eigenvalue weighted by Crippen LogP contribution is -2.69. The maximum absolute atomic E-state index is 14.1. The number of nitrogens with one attached hydrogen (secondary N) is 2. The number of alkyl halides is 3. The van der Waals surface area contributed by atoms with E-state index >= 15 is 0 Å². The summed E-state index contributed by atoms with van der Waals surface area (Å²) in [6.07, 6.45) is -1.24. The number of nitrogens with zero attached hydrogens (tertiary/aromatic N) is 1. The van der Waals surface area contributed by atoms with Gasteiger partial charge >= 0.3 is 12.2 Å². The average molecular weight is 443 g/mol. The van der Waals surface area contributed by atoms with Gasteiger partial charge in [0.1, 0.15) is 11.5 Å². The lowest BCUT2D eigenvalue weighted by Gasteiger charge is -2.31. The zero-order chi connectivity index (χ0) is 22.8. The lowest BCUT2D eigenvalue weighted by atomic mass is 10.0. The first-order chi connectivity index (χ1) is 14.6. The molecular weight excluding hydrogens is 419 g/mol. The predicted octanol–water partition coefficient (Wildman–Crippen LogP) is 2.97. The molecule has 1 aliphatic carbocycles. The first-order valence-electron chi connectivity index (χ1n) is 9.91. The second-order valence-corrected chi connectivity index (χ2v) is 7.52. The van der Waals surface area contributed by atoms with Crippen LogP contribution in [0.3, 0.4) is 0 Å². The zero-order valence-electron chi connectivity index (χ0n) is 17.2. The van der Waals surface area contributed by atoms with Gasteiger partial charge in [-0.2, -0.15) is 13.2 Å². The monoisotopic (exact) mass is 443 g/mol. The van der Waals surface area contributed by atoms with Gasteiger partial charge in [0.25, 0.3) is 17.5 Å². The summed E-state index contributed by atoms with van der Waals surface area (Å²) in [6, 6.07) is 2.08. The minimum atomic E-state index is -5.27. The third-order valence-electron chi connectivity index (χ3n) is 5.62. The second-order valence-electron chi connectivity index (χ2n) is 7.52. The molecule has 0 aromatic heterocycles. The molecule has 1 aromatic rings. The van der Waals surface area contributed by atoms with Gasteiger partial charge in [0.05, 0.1) is 19.8 Å². The molecule has 1 atom stereocenters.